The summed E-state index contributed by atoms with van der Waals surface area (Å²) in [5.74, 6) is -1.45. The highest BCUT2D eigenvalue weighted by molar-refractivity contribution is 5.85. The molecule has 0 fully saturated rings. The summed E-state index contributed by atoms with van der Waals surface area (Å²) in [4.78, 5) is 10.5. The number of carboxylic acids is 1. The third-order valence-electron chi connectivity index (χ3n) is 2.88. The van der Waals surface area contributed by atoms with Crippen molar-refractivity contribution >= 4 is 12.0 Å². The average molecular weight is 262 g/mol. The Morgan fingerprint density at radius 3 is 3.00 bits per heavy atom. The molecular weight excluding hydrogens is 247 g/mol. The van der Waals surface area contributed by atoms with Crippen LogP contribution >= 0.6 is 0 Å². The molecule has 1 aromatic rings. The Morgan fingerprint density at radius 2 is 2.32 bits per heavy atom. The number of hydrogen-bond acceptors (Lipinski definition) is 2. The fourth-order valence-electron chi connectivity index (χ4n) is 1.97. The largest absolute Gasteiger partial charge is 0.483 e. The van der Waals surface area contributed by atoms with Gasteiger partial charge in [-0.3, -0.25) is 0 Å². The van der Waals surface area contributed by atoms with E-state index in [4.69, 9.17) is 9.84 Å². The van der Waals surface area contributed by atoms with E-state index < -0.39 is 11.8 Å². The van der Waals surface area contributed by atoms with Crippen LogP contribution in [0, 0.1) is 5.82 Å². The van der Waals surface area contributed by atoms with Crippen molar-refractivity contribution in [1.82, 2.24) is 0 Å². The van der Waals surface area contributed by atoms with Gasteiger partial charge in [0.05, 0.1) is 0 Å². The van der Waals surface area contributed by atoms with E-state index in [0.717, 1.165) is 25.3 Å². The Kier molecular flexibility index (Phi) is 4.34. The Bertz CT molecular complexity index is 520. The van der Waals surface area contributed by atoms with E-state index in [2.05, 4.69) is 0 Å². The van der Waals surface area contributed by atoms with Gasteiger partial charge in [-0.25, -0.2) is 9.18 Å². The second-order valence-electron chi connectivity index (χ2n) is 4.35. The van der Waals surface area contributed by atoms with Crippen LogP contribution in [0.2, 0.25) is 0 Å². The fraction of sp³-hybridized carbons (Fsp3) is 0.267. The van der Waals surface area contributed by atoms with Crippen molar-refractivity contribution in [1.29, 1.82) is 0 Å². The van der Waals surface area contributed by atoms with Crippen LogP contribution in [0.4, 0.5) is 4.39 Å². The summed E-state index contributed by atoms with van der Waals surface area (Å²) in [5, 5.41) is 8.62. The second-order valence-corrected chi connectivity index (χ2v) is 4.35. The molecule has 0 spiro atoms. The predicted molar refractivity (Wildman–Crippen MR) is 70.5 cm³/mol. The number of allylic oxidation sites excluding steroid dienone is 1. The lowest BCUT2D eigenvalue weighted by Crippen LogP contribution is -2.17. The zero-order valence-electron chi connectivity index (χ0n) is 10.4. The molecule has 1 aromatic carbocycles. The van der Waals surface area contributed by atoms with Crippen LogP contribution in [0.5, 0.6) is 5.75 Å². The van der Waals surface area contributed by atoms with E-state index >= 15 is 0 Å². The zero-order valence-corrected chi connectivity index (χ0v) is 10.4. The van der Waals surface area contributed by atoms with Gasteiger partial charge in [-0.15, -0.1) is 0 Å². The Morgan fingerprint density at radius 1 is 1.47 bits per heavy atom. The minimum atomic E-state index is -1.08. The van der Waals surface area contributed by atoms with Crippen LogP contribution in [-0.4, -0.2) is 17.2 Å². The summed E-state index contributed by atoms with van der Waals surface area (Å²) in [6.07, 6.45) is 8.96. The van der Waals surface area contributed by atoms with Crippen LogP contribution in [-0.2, 0) is 4.79 Å². The Balaban J connectivity index is 2.24. The van der Waals surface area contributed by atoms with E-state index in [1.54, 1.807) is 6.07 Å². The summed E-state index contributed by atoms with van der Waals surface area (Å²) in [7, 11) is 0. The first kappa shape index (κ1) is 13.3. The van der Waals surface area contributed by atoms with Gasteiger partial charge < -0.3 is 9.84 Å². The normalized spacial score (nSPS) is 18.7. The molecule has 2 rings (SSSR count). The summed E-state index contributed by atoms with van der Waals surface area (Å²) in [6, 6.07) is 4.46. The first-order valence-electron chi connectivity index (χ1n) is 6.19. The molecule has 3 nitrogen and oxygen atoms in total. The van der Waals surface area contributed by atoms with E-state index in [1.807, 2.05) is 12.2 Å². The second kappa shape index (κ2) is 6.18. The van der Waals surface area contributed by atoms with Crippen molar-refractivity contribution in [2.45, 2.75) is 25.4 Å². The zero-order chi connectivity index (χ0) is 13.7. The first-order chi connectivity index (χ1) is 9.16. The highest BCUT2D eigenvalue weighted by Gasteiger charge is 2.15. The summed E-state index contributed by atoms with van der Waals surface area (Å²) in [6.45, 7) is 0. The van der Waals surface area contributed by atoms with Crippen LogP contribution < -0.4 is 4.74 Å². The summed E-state index contributed by atoms with van der Waals surface area (Å²) < 4.78 is 19.4. The van der Waals surface area contributed by atoms with E-state index in [-0.39, 0.29) is 11.9 Å². The van der Waals surface area contributed by atoms with Crippen LogP contribution in [0.25, 0.3) is 6.08 Å². The standard InChI is InChI=1S/C15H15FO3/c16-13-8-4-5-11(9-10-14(17)18)15(13)19-12-6-2-1-3-7-12/h2,4-6,8-10,12H,1,3,7H2,(H,17,18)/b10-9+. The number of ether oxygens (including phenoxy) is 1. The van der Waals surface area contributed by atoms with Gasteiger partial charge in [0.1, 0.15) is 6.10 Å². The number of rotatable bonds is 4. The van der Waals surface area contributed by atoms with Crippen LogP contribution in [0.1, 0.15) is 24.8 Å². The molecule has 1 atom stereocenters. The highest BCUT2D eigenvalue weighted by atomic mass is 19.1. The van der Waals surface area contributed by atoms with Gasteiger partial charge in [0.15, 0.2) is 11.6 Å². The van der Waals surface area contributed by atoms with Gasteiger partial charge in [-0.05, 0) is 37.5 Å². The molecule has 0 heterocycles. The van der Waals surface area contributed by atoms with Crippen LogP contribution in [0.15, 0.2) is 36.4 Å². The number of halogens is 1. The Labute approximate surface area is 111 Å². The quantitative estimate of drug-likeness (QED) is 0.668. The highest BCUT2D eigenvalue weighted by Crippen LogP contribution is 2.27. The molecule has 1 N–H and O–H groups in total. The van der Waals surface area contributed by atoms with E-state index in [1.165, 1.54) is 18.2 Å². The van der Waals surface area contributed by atoms with Crippen molar-refractivity contribution in [2.75, 3.05) is 0 Å². The lowest BCUT2D eigenvalue weighted by atomic mass is 10.1. The molecule has 1 aliphatic rings. The molecule has 0 saturated carbocycles. The molecule has 0 amide bonds. The number of hydrogen-bond donors (Lipinski definition) is 1. The lowest BCUT2D eigenvalue weighted by molar-refractivity contribution is -0.131. The topological polar surface area (TPSA) is 46.5 Å². The molecule has 4 heteroatoms. The number of para-hydroxylation sites is 1. The Hall–Kier alpha value is -2.10. The third kappa shape index (κ3) is 3.68. The molecule has 0 saturated heterocycles. The maximum Gasteiger partial charge on any atom is 0.328 e. The van der Waals surface area contributed by atoms with Crippen molar-refractivity contribution in [3.05, 3.63) is 47.8 Å². The maximum atomic E-state index is 13.8. The minimum Gasteiger partial charge on any atom is -0.483 e. The summed E-state index contributed by atoms with van der Waals surface area (Å²) in [5.41, 5.74) is 0.432. The molecule has 0 bridgehead atoms. The van der Waals surface area contributed by atoms with Gasteiger partial charge in [0.25, 0.3) is 0 Å². The smallest absolute Gasteiger partial charge is 0.328 e. The molecule has 0 aromatic heterocycles. The van der Waals surface area contributed by atoms with Crippen molar-refractivity contribution < 1.29 is 19.0 Å². The molecule has 1 aliphatic carbocycles. The van der Waals surface area contributed by atoms with Gasteiger partial charge in [-0.1, -0.05) is 18.2 Å². The molecule has 100 valence electrons. The van der Waals surface area contributed by atoms with Gasteiger partial charge in [0, 0.05) is 11.6 Å². The molecule has 19 heavy (non-hydrogen) atoms. The number of benzene rings is 1. The molecule has 1 unspecified atom stereocenters. The maximum absolute atomic E-state index is 13.8. The average Bonchev–Trinajstić information content (AvgIpc) is 2.40. The molecular formula is C15H15FO3. The van der Waals surface area contributed by atoms with E-state index in [0.29, 0.717) is 5.56 Å². The fourth-order valence-corrected chi connectivity index (χ4v) is 1.97. The predicted octanol–water partition coefficient (Wildman–Crippen LogP) is 3.41. The monoisotopic (exact) mass is 262 g/mol. The minimum absolute atomic E-state index is 0.108. The molecule has 0 aliphatic heterocycles. The van der Waals surface area contributed by atoms with Crippen molar-refractivity contribution in [2.24, 2.45) is 0 Å². The molecule has 0 radical (unpaired) electrons. The SMILES string of the molecule is O=C(O)/C=C/c1cccc(F)c1OC1C=CCCC1. The first-order valence-corrected chi connectivity index (χ1v) is 6.19. The number of carboxylic acid groups (broad SMARTS) is 1. The van der Waals surface area contributed by atoms with Crippen LogP contribution in [0.3, 0.4) is 0 Å². The van der Waals surface area contributed by atoms with E-state index in [9.17, 15) is 9.18 Å². The van der Waals surface area contributed by atoms with Crippen molar-refractivity contribution in [3.8, 4) is 5.75 Å². The van der Waals surface area contributed by atoms with Gasteiger partial charge >= 0.3 is 5.97 Å². The number of carbonyl (C=O) groups is 1. The summed E-state index contributed by atoms with van der Waals surface area (Å²) >= 11 is 0. The third-order valence-corrected chi connectivity index (χ3v) is 2.88. The number of aliphatic carboxylic acids is 1. The van der Waals surface area contributed by atoms with Crippen molar-refractivity contribution in [3.63, 3.8) is 0 Å². The van der Waals surface area contributed by atoms with Gasteiger partial charge in [0.2, 0.25) is 0 Å². The lowest BCUT2D eigenvalue weighted by Gasteiger charge is -2.20. The van der Waals surface area contributed by atoms with Gasteiger partial charge in [-0.2, -0.15) is 0 Å².